The van der Waals surface area contributed by atoms with E-state index in [2.05, 4.69) is 15.9 Å². The predicted molar refractivity (Wildman–Crippen MR) is 83.3 cm³/mol. The van der Waals surface area contributed by atoms with Crippen molar-refractivity contribution in [2.75, 3.05) is 0 Å². The van der Waals surface area contributed by atoms with Gasteiger partial charge in [0.05, 0.1) is 5.56 Å². The van der Waals surface area contributed by atoms with Gasteiger partial charge in [-0.25, -0.2) is 0 Å². The molecule has 1 unspecified atom stereocenters. The van der Waals surface area contributed by atoms with E-state index in [0.717, 1.165) is 23.3 Å². The molecule has 0 N–H and O–H groups in total. The second-order valence-electron chi connectivity index (χ2n) is 4.50. The number of hydrogen-bond acceptors (Lipinski definition) is 0. The zero-order chi connectivity index (χ0) is 15.6. The molecule has 2 aromatic rings. The minimum atomic E-state index is -4.32. The first-order valence-corrected chi connectivity index (χ1v) is 7.70. The Morgan fingerprint density at radius 3 is 1.95 bits per heavy atom. The summed E-state index contributed by atoms with van der Waals surface area (Å²) in [5, 5.41) is 1.05. The number of alkyl halides is 4. The summed E-state index contributed by atoms with van der Waals surface area (Å²) in [6.45, 7) is 0. The zero-order valence-electron chi connectivity index (χ0n) is 10.6. The van der Waals surface area contributed by atoms with Crippen LogP contribution in [-0.4, -0.2) is 0 Å². The Morgan fingerprint density at radius 1 is 0.952 bits per heavy atom. The molecule has 2 rings (SSSR count). The highest BCUT2D eigenvalue weighted by molar-refractivity contribution is 9.09. The lowest BCUT2D eigenvalue weighted by molar-refractivity contribution is -0.137. The van der Waals surface area contributed by atoms with Gasteiger partial charge < -0.3 is 0 Å². The van der Waals surface area contributed by atoms with E-state index in [1.807, 2.05) is 0 Å². The summed E-state index contributed by atoms with van der Waals surface area (Å²) in [7, 11) is 0. The molecule has 0 saturated carbocycles. The molecule has 0 aliphatic carbocycles. The lowest BCUT2D eigenvalue weighted by Gasteiger charge is -2.14. The average molecular weight is 398 g/mol. The molecular formula is C15H10BrCl2F3. The minimum absolute atomic E-state index is 0.171. The molecule has 0 bridgehead atoms. The molecule has 0 fully saturated rings. The molecule has 0 saturated heterocycles. The van der Waals surface area contributed by atoms with E-state index in [1.54, 1.807) is 18.2 Å². The van der Waals surface area contributed by atoms with Crippen molar-refractivity contribution in [1.82, 2.24) is 0 Å². The molecule has 0 heterocycles. The standard InChI is InChI=1S/C15H10BrCl2F3/c16-11(14-12(17)2-1-3-13(14)18)8-9-4-6-10(7-5-9)15(19,20)21/h1-7,11H,8H2. The largest absolute Gasteiger partial charge is 0.416 e. The van der Waals surface area contributed by atoms with Crippen LogP contribution in [-0.2, 0) is 12.6 Å². The summed E-state index contributed by atoms with van der Waals surface area (Å²) in [5.74, 6) is 0. The fourth-order valence-electron chi connectivity index (χ4n) is 1.95. The Labute approximate surface area is 139 Å². The van der Waals surface area contributed by atoms with Crippen LogP contribution < -0.4 is 0 Å². The van der Waals surface area contributed by atoms with Crippen molar-refractivity contribution < 1.29 is 13.2 Å². The fraction of sp³-hybridized carbons (Fsp3) is 0.200. The maximum absolute atomic E-state index is 12.5. The van der Waals surface area contributed by atoms with Crippen LogP contribution in [0, 0.1) is 0 Å². The van der Waals surface area contributed by atoms with Gasteiger partial charge in [0.15, 0.2) is 0 Å². The summed E-state index contributed by atoms with van der Waals surface area (Å²) in [5.41, 5.74) is 0.842. The number of rotatable bonds is 3. The number of halogens is 6. The summed E-state index contributed by atoms with van der Waals surface area (Å²) in [6.07, 6.45) is -3.83. The maximum Gasteiger partial charge on any atom is 0.416 e. The minimum Gasteiger partial charge on any atom is -0.166 e. The van der Waals surface area contributed by atoms with Crippen LogP contribution in [0.25, 0.3) is 0 Å². The Morgan fingerprint density at radius 2 is 1.48 bits per heavy atom. The molecule has 6 heteroatoms. The van der Waals surface area contributed by atoms with Gasteiger partial charge >= 0.3 is 6.18 Å². The van der Waals surface area contributed by atoms with Crippen LogP contribution in [0.4, 0.5) is 13.2 Å². The van der Waals surface area contributed by atoms with Crippen LogP contribution in [0.3, 0.4) is 0 Å². The fourth-order valence-corrected chi connectivity index (χ4v) is 3.74. The number of benzene rings is 2. The van der Waals surface area contributed by atoms with E-state index in [-0.39, 0.29) is 4.83 Å². The van der Waals surface area contributed by atoms with E-state index in [1.165, 1.54) is 12.1 Å². The second kappa shape index (κ2) is 6.59. The maximum atomic E-state index is 12.5. The van der Waals surface area contributed by atoms with Crippen molar-refractivity contribution in [1.29, 1.82) is 0 Å². The second-order valence-corrected chi connectivity index (χ2v) is 6.42. The van der Waals surface area contributed by atoms with Crippen molar-refractivity contribution in [3.05, 3.63) is 69.2 Å². The van der Waals surface area contributed by atoms with Crippen LogP contribution in [0.1, 0.15) is 21.5 Å². The summed E-state index contributed by atoms with van der Waals surface area (Å²) in [4.78, 5) is -0.171. The summed E-state index contributed by atoms with van der Waals surface area (Å²) >= 11 is 15.7. The van der Waals surface area contributed by atoms with Crippen molar-refractivity contribution in [3.63, 3.8) is 0 Å². The first-order valence-electron chi connectivity index (χ1n) is 6.03. The first-order chi connectivity index (χ1) is 9.79. The van der Waals surface area contributed by atoms with Crippen molar-refractivity contribution in [2.24, 2.45) is 0 Å². The SMILES string of the molecule is FC(F)(F)c1ccc(CC(Br)c2c(Cl)cccc2Cl)cc1. The van der Waals surface area contributed by atoms with Gasteiger partial charge in [-0.15, -0.1) is 0 Å². The molecule has 0 aliphatic rings. The zero-order valence-corrected chi connectivity index (χ0v) is 13.7. The normalized spacial score (nSPS) is 13.2. The smallest absolute Gasteiger partial charge is 0.166 e. The molecule has 1 atom stereocenters. The van der Waals surface area contributed by atoms with Crippen LogP contribution in [0.15, 0.2) is 42.5 Å². The Hall–Kier alpha value is -0.710. The average Bonchev–Trinajstić information content (AvgIpc) is 2.38. The summed E-state index contributed by atoms with van der Waals surface area (Å²) < 4.78 is 37.5. The van der Waals surface area contributed by atoms with Gasteiger partial charge in [0.25, 0.3) is 0 Å². The molecular weight excluding hydrogens is 388 g/mol. The van der Waals surface area contributed by atoms with Gasteiger partial charge in [-0.2, -0.15) is 13.2 Å². The van der Waals surface area contributed by atoms with E-state index >= 15 is 0 Å². The van der Waals surface area contributed by atoms with Gasteiger partial charge in [-0.3, -0.25) is 0 Å². The lowest BCUT2D eigenvalue weighted by Crippen LogP contribution is -2.05. The molecule has 112 valence electrons. The first kappa shape index (κ1) is 16.7. The molecule has 0 spiro atoms. The van der Waals surface area contributed by atoms with Crippen LogP contribution in [0.5, 0.6) is 0 Å². The topological polar surface area (TPSA) is 0 Å². The number of hydrogen-bond donors (Lipinski definition) is 0. The molecule has 0 aromatic heterocycles. The molecule has 0 radical (unpaired) electrons. The monoisotopic (exact) mass is 396 g/mol. The molecule has 2 aromatic carbocycles. The van der Waals surface area contributed by atoms with E-state index in [0.29, 0.717) is 16.5 Å². The predicted octanol–water partition coefficient (Wildman–Crippen LogP) is 6.69. The third-order valence-corrected chi connectivity index (χ3v) is 4.45. The van der Waals surface area contributed by atoms with Gasteiger partial charge in [0, 0.05) is 20.4 Å². The Kier molecular flexibility index (Phi) is 5.23. The molecule has 21 heavy (non-hydrogen) atoms. The van der Waals surface area contributed by atoms with Gasteiger partial charge in [-0.05, 0) is 36.2 Å². The van der Waals surface area contributed by atoms with E-state index < -0.39 is 11.7 Å². The highest BCUT2D eigenvalue weighted by Crippen LogP contribution is 2.37. The van der Waals surface area contributed by atoms with Gasteiger partial charge in [0.1, 0.15) is 0 Å². The molecule has 0 nitrogen and oxygen atoms in total. The highest BCUT2D eigenvalue weighted by Gasteiger charge is 2.30. The van der Waals surface area contributed by atoms with Crippen molar-refractivity contribution in [3.8, 4) is 0 Å². The summed E-state index contributed by atoms with van der Waals surface area (Å²) in [6, 6.07) is 10.3. The van der Waals surface area contributed by atoms with Crippen molar-refractivity contribution >= 4 is 39.1 Å². The van der Waals surface area contributed by atoms with Crippen molar-refractivity contribution in [2.45, 2.75) is 17.4 Å². The quantitative estimate of drug-likeness (QED) is 0.506. The van der Waals surface area contributed by atoms with Crippen LogP contribution in [0.2, 0.25) is 10.0 Å². The third-order valence-electron chi connectivity index (χ3n) is 3.01. The molecule has 0 amide bonds. The molecule has 0 aliphatic heterocycles. The third kappa shape index (κ3) is 4.15. The van der Waals surface area contributed by atoms with Crippen LogP contribution >= 0.6 is 39.1 Å². The lowest BCUT2D eigenvalue weighted by atomic mass is 10.0. The highest BCUT2D eigenvalue weighted by atomic mass is 79.9. The van der Waals surface area contributed by atoms with Gasteiger partial charge in [0.2, 0.25) is 0 Å². The van der Waals surface area contributed by atoms with Gasteiger partial charge in [-0.1, -0.05) is 57.3 Å². The Bertz CT molecular complexity index is 604. The van der Waals surface area contributed by atoms with E-state index in [4.69, 9.17) is 23.2 Å². The Balaban J connectivity index is 2.18. The van der Waals surface area contributed by atoms with E-state index in [9.17, 15) is 13.2 Å².